The number of phenols is 2. The van der Waals surface area contributed by atoms with E-state index in [1.807, 2.05) is 11.8 Å². The van der Waals surface area contributed by atoms with Gasteiger partial charge in [0.05, 0.1) is 0 Å². The highest BCUT2D eigenvalue weighted by Crippen LogP contribution is 2.25. The van der Waals surface area contributed by atoms with Crippen LogP contribution in [0.2, 0.25) is 0 Å². The molecule has 4 nitrogen and oxygen atoms in total. The van der Waals surface area contributed by atoms with Crippen LogP contribution in [0.5, 0.6) is 11.5 Å². The van der Waals surface area contributed by atoms with Gasteiger partial charge in [-0.3, -0.25) is 4.79 Å². The van der Waals surface area contributed by atoms with Crippen LogP contribution < -0.4 is 0 Å². The highest BCUT2D eigenvalue weighted by molar-refractivity contribution is 7.99. The van der Waals surface area contributed by atoms with Crippen molar-refractivity contribution in [2.24, 2.45) is 0 Å². The number of nitrogens with zero attached hydrogens (tertiary/aromatic N) is 1. The minimum atomic E-state index is -0.237. The Kier molecular flexibility index (Phi) is 5.10. The summed E-state index contributed by atoms with van der Waals surface area (Å²) < 4.78 is 0. The first-order valence-electron chi connectivity index (χ1n) is 6.52. The fraction of sp³-hybridized carbons (Fsp3) is 0.500. The summed E-state index contributed by atoms with van der Waals surface area (Å²) in [4.78, 5) is 14.3. The number of ketones is 1. The van der Waals surface area contributed by atoms with Gasteiger partial charge < -0.3 is 15.1 Å². The first-order valence-corrected chi connectivity index (χ1v) is 7.67. The average molecular weight is 281 g/mol. The molecule has 2 rings (SSSR count). The number of rotatable bonds is 5. The summed E-state index contributed by atoms with van der Waals surface area (Å²) in [5.41, 5.74) is 0.462. The quantitative estimate of drug-likeness (QED) is 0.639. The normalized spacial score (nSPS) is 16.4. The summed E-state index contributed by atoms with van der Waals surface area (Å²) in [6, 6.07) is 4.23. The molecule has 1 heterocycles. The zero-order valence-electron chi connectivity index (χ0n) is 10.8. The van der Waals surface area contributed by atoms with Crippen molar-refractivity contribution >= 4 is 17.5 Å². The molecule has 0 radical (unpaired) electrons. The Morgan fingerprint density at radius 2 is 1.95 bits per heavy atom. The van der Waals surface area contributed by atoms with Crippen molar-refractivity contribution in [2.75, 3.05) is 31.1 Å². The lowest BCUT2D eigenvalue weighted by atomic mass is 10.1. The van der Waals surface area contributed by atoms with E-state index in [0.29, 0.717) is 12.0 Å². The van der Waals surface area contributed by atoms with Crippen LogP contribution in [-0.4, -0.2) is 52.0 Å². The van der Waals surface area contributed by atoms with Crippen LogP contribution in [0.15, 0.2) is 18.2 Å². The maximum absolute atomic E-state index is 11.9. The van der Waals surface area contributed by atoms with Gasteiger partial charge in [0.15, 0.2) is 17.3 Å². The summed E-state index contributed by atoms with van der Waals surface area (Å²) in [6.07, 6.45) is 1.32. The first-order chi connectivity index (χ1) is 9.16. The molecular weight excluding hydrogens is 262 g/mol. The van der Waals surface area contributed by atoms with Crippen molar-refractivity contribution in [3.05, 3.63) is 23.8 Å². The van der Waals surface area contributed by atoms with Gasteiger partial charge in [-0.1, -0.05) is 0 Å². The monoisotopic (exact) mass is 281 g/mol. The Labute approximate surface area is 117 Å². The van der Waals surface area contributed by atoms with Crippen molar-refractivity contribution in [2.45, 2.75) is 12.8 Å². The van der Waals surface area contributed by atoms with Gasteiger partial charge in [-0.25, -0.2) is 0 Å². The standard InChI is InChI=1S/C14H19NO3S/c16-12(11-3-4-13(17)14(18)10-11)2-1-5-15-6-8-19-9-7-15/h3-4,10,17-18H,1-2,5-9H2. The van der Waals surface area contributed by atoms with Crippen LogP contribution in [-0.2, 0) is 0 Å². The minimum absolute atomic E-state index is 0.0154. The molecular formula is C14H19NO3S. The van der Waals surface area contributed by atoms with Crippen LogP contribution in [0.25, 0.3) is 0 Å². The number of phenolic OH excluding ortho intramolecular Hbond substituents is 2. The zero-order chi connectivity index (χ0) is 13.7. The second kappa shape index (κ2) is 6.82. The van der Waals surface area contributed by atoms with Gasteiger partial charge in [0, 0.05) is 36.6 Å². The van der Waals surface area contributed by atoms with Gasteiger partial charge in [-0.05, 0) is 31.2 Å². The number of carbonyl (C=O) groups is 1. The van der Waals surface area contributed by atoms with E-state index in [1.165, 1.54) is 23.6 Å². The predicted molar refractivity (Wildman–Crippen MR) is 77.1 cm³/mol. The molecule has 1 aromatic rings. The highest BCUT2D eigenvalue weighted by atomic mass is 32.2. The third-order valence-electron chi connectivity index (χ3n) is 3.28. The molecule has 1 aliphatic rings. The Morgan fingerprint density at radius 1 is 1.21 bits per heavy atom. The molecule has 1 fully saturated rings. The number of thioether (sulfide) groups is 1. The molecule has 1 saturated heterocycles. The van der Waals surface area contributed by atoms with Gasteiger partial charge in [-0.2, -0.15) is 11.8 Å². The molecule has 0 bridgehead atoms. The van der Waals surface area contributed by atoms with E-state index in [0.717, 1.165) is 26.1 Å². The third-order valence-corrected chi connectivity index (χ3v) is 4.22. The van der Waals surface area contributed by atoms with E-state index in [4.69, 9.17) is 0 Å². The van der Waals surface area contributed by atoms with E-state index in [-0.39, 0.29) is 17.3 Å². The molecule has 2 N–H and O–H groups in total. The molecule has 0 atom stereocenters. The van der Waals surface area contributed by atoms with E-state index in [9.17, 15) is 15.0 Å². The van der Waals surface area contributed by atoms with E-state index >= 15 is 0 Å². The summed E-state index contributed by atoms with van der Waals surface area (Å²) in [7, 11) is 0. The summed E-state index contributed by atoms with van der Waals surface area (Å²) in [5, 5.41) is 18.6. The van der Waals surface area contributed by atoms with Crippen LogP contribution >= 0.6 is 11.8 Å². The molecule has 1 aromatic carbocycles. The maximum Gasteiger partial charge on any atom is 0.163 e. The number of carbonyl (C=O) groups excluding carboxylic acids is 1. The summed E-state index contributed by atoms with van der Waals surface area (Å²) in [5.74, 6) is 1.95. The molecule has 0 spiro atoms. The van der Waals surface area contributed by atoms with Crippen LogP contribution in [0.1, 0.15) is 23.2 Å². The van der Waals surface area contributed by atoms with E-state index in [1.54, 1.807) is 6.07 Å². The van der Waals surface area contributed by atoms with Crippen molar-refractivity contribution in [3.8, 4) is 11.5 Å². The lowest BCUT2D eigenvalue weighted by molar-refractivity contribution is 0.0975. The van der Waals surface area contributed by atoms with Crippen molar-refractivity contribution in [1.82, 2.24) is 4.90 Å². The highest BCUT2D eigenvalue weighted by Gasteiger charge is 2.12. The summed E-state index contributed by atoms with van der Waals surface area (Å²) >= 11 is 1.98. The number of hydrogen-bond donors (Lipinski definition) is 2. The van der Waals surface area contributed by atoms with E-state index < -0.39 is 0 Å². The molecule has 104 valence electrons. The van der Waals surface area contributed by atoms with Gasteiger partial charge in [-0.15, -0.1) is 0 Å². The molecule has 5 heteroatoms. The lowest BCUT2D eigenvalue weighted by Crippen LogP contribution is -2.33. The predicted octanol–water partition coefficient (Wildman–Crippen LogP) is 2.11. The number of benzene rings is 1. The average Bonchev–Trinajstić information content (AvgIpc) is 2.43. The number of aromatic hydroxyl groups is 2. The fourth-order valence-electron chi connectivity index (χ4n) is 2.13. The van der Waals surface area contributed by atoms with Crippen LogP contribution in [0.4, 0.5) is 0 Å². The Morgan fingerprint density at radius 3 is 2.63 bits per heavy atom. The van der Waals surface area contributed by atoms with Crippen LogP contribution in [0, 0.1) is 0 Å². The van der Waals surface area contributed by atoms with Gasteiger partial charge >= 0.3 is 0 Å². The molecule has 1 aliphatic heterocycles. The second-order valence-corrected chi connectivity index (χ2v) is 5.91. The minimum Gasteiger partial charge on any atom is -0.504 e. The molecule has 19 heavy (non-hydrogen) atoms. The summed E-state index contributed by atoms with van der Waals surface area (Å²) in [6.45, 7) is 3.17. The Hall–Kier alpha value is -1.20. The van der Waals surface area contributed by atoms with Crippen molar-refractivity contribution in [1.29, 1.82) is 0 Å². The van der Waals surface area contributed by atoms with Gasteiger partial charge in [0.25, 0.3) is 0 Å². The molecule has 0 saturated carbocycles. The molecule has 0 aromatic heterocycles. The van der Waals surface area contributed by atoms with Gasteiger partial charge in [0.2, 0.25) is 0 Å². The van der Waals surface area contributed by atoms with E-state index in [2.05, 4.69) is 4.90 Å². The first kappa shape index (κ1) is 14.2. The third kappa shape index (κ3) is 4.14. The van der Waals surface area contributed by atoms with Crippen molar-refractivity contribution in [3.63, 3.8) is 0 Å². The van der Waals surface area contributed by atoms with Crippen LogP contribution in [0.3, 0.4) is 0 Å². The second-order valence-electron chi connectivity index (χ2n) is 4.68. The number of hydrogen-bond acceptors (Lipinski definition) is 5. The smallest absolute Gasteiger partial charge is 0.163 e. The number of Topliss-reactive ketones (excluding diaryl/α,β-unsaturated/α-hetero) is 1. The molecule has 0 unspecified atom stereocenters. The SMILES string of the molecule is O=C(CCCN1CCSCC1)c1ccc(O)c(O)c1. The molecule has 0 aliphatic carbocycles. The largest absolute Gasteiger partial charge is 0.504 e. The zero-order valence-corrected chi connectivity index (χ0v) is 11.7. The maximum atomic E-state index is 11.9. The molecule has 0 amide bonds. The Bertz CT molecular complexity index is 444. The van der Waals surface area contributed by atoms with Gasteiger partial charge in [0.1, 0.15) is 0 Å². The topological polar surface area (TPSA) is 60.8 Å². The Balaban J connectivity index is 1.78. The lowest BCUT2D eigenvalue weighted by Gasteiger charge is -2.25. The van der Waals surface area contributed by atoms with Crippen molar-refractivity contribution < 1.29 is 15.0 Å². The fourth-order valence-corrected chi connectivity index (χ4v) is 3.11.